The van der Waals surface area contributed by atoms with Gasteiger partial charge in [0, 0.05) is 6.04 Å². The largest absolute Gasteiger partial charge is 0.496 e. The molecule has 0 spiro atoms. The van der Waals surface area contributed by atoms with Gasteiger partial charge in [0.05, 0.1) is 7.11 Å². The van der Waals surface area contributed by atoms with Crippen LogP contribution in [0.15, 0.2) is 24.3 Å². The lowest BCUT2D eigenvalue weighted by molar-refractivity contribution is 0.407. The van der Waals surface area contributed by atoms with E-state index < -0.39 is 0 Å². The summed E-state index contributed by atoms with van der Waals surface area (Å²) >= 11 is 0. The van der Waals surface area contributed by atoms with Crippen LogP contribution < -0.4 is 16.2 Å². The van der Waals surface area contributed by atoms with Crippen LogP contribution >= 0.6 is 0 Å². The van der Waals surface area contributed by atoms with Gasteiger partial charge in [-0.15, -0.1) is 0 Å². The summed E-state index contributed by atoms with van der Waals surface area (Å²) in [4.78, 5) is 0. The monoisotopic (exact) mass is 194 g/mol. The Hall–Kier alpha value is -1.06. The van der Waals surface area contributed by atoms with Crippen molar-refractivity contribution < 1.29 is 4.74 Å². The molecule has 0 aliphatic carbocycles. The lowest BCUT2D eigenvalue weighted by Crippen LogP contribution is -2.26. The third kappa shape index (κ3) is 3.01. The van der Waals surface area contributed by atoms with Gasteiger partial charge < -0.3 is 16.2 Å². The maximum absolute atomic E-state index is 5.90. The number of benzene rings is 1. The molecule has 4 N–H and O–H groups in total. The molecule has 0 aliphatic heterocycles. The molecule has 78 valence electrons. The molecule has 0 radical (unpaired) electrons. The summed E-state index contributed by atoms with van der Waals surface area (Å²) in [6.07, 6.45) is 1.67. The molecule has 0 fully saturated rings. The molecule has 0 heterocycles. The van der Waals surface area contributed by atoms with Gasteiger partial charge in [-0.1, -0.05) is 18.2 Å². The molecule has 0 amide bonds. The van der Waals surface area contributed by atoms with E-state index in [9.17, 15) is 0 Å². The maximum atomic E-state index is 5.90. The van der Waals surface area contributed by atoms with Crippen LogP contribution in [0.2, 0.25) is 0 Å². The van der Waals surface area contributed by atoms with E-state index in [1.807, 2.05) is 24.3 Å². The van der Waals surface area contributed by atoms with Crippen molar-refractivity contribution in [3.05, 3.63) is 29.8 Å². The molecular weight excluding hydrogens is 176 g/mol. The van der Waals surface area contributed by atoms with Crippen molar-refractivity contribution in [3.8, 4) is 5.75 Å². The van der Waals surface area contributed by atoms with E-state index >= 15 is 0 Å². The fourth-order valence-corrected chi connectivity index (χ4v) is 1.47. The second kappa shape index (κ2) is 5.62. The smallest absolute Gasteiger partial charge is 0.122 e. The summed E-state index contributed by atoms with van der Waals surface area (Å²) in [6.45, 7) is 0.635. The van der Waals surface area contributed by atoms with Gasteiger partial charge in [0.25, 0.3) is 0 Å². The molecule has 0 bridgehead atoms. The predicted molar refractivity (Wildman–Crippen MR) is 58.3 cm³/mol. The molecule has 1 aromatic carbocycles. The average Bonchev–Trinajstić information content (AvgIpc) is 2.19. The van der Waals surface area contributed by atoms with Gasteiger partial charge in [0.2, 0.25) is 0 Å². The molecular formula is C11H18N2O. The predicted octanol–water partition coefficient (Wildman–Crippen LogP) is 0.914. The normalized spacial score (nSPS) is 12.5. The van der Waals surface area contributed by atoms with E-state index in [1.54, 1.807) is 7.11 Å². The Morgan fingerprint density at radius 2 is 2.07 bits per heavy atom. The number of para-hydroxylation sites is 1. The van der Waals surface area contributed by atoms with Crippen LogP contribution in [0.25, 0.3) is 0 Å². The topological polar surface area (TPSA) is 61.3 Å². The summed E-state index contributed by atoms with van der Waals surface area (Å²) in [5.74, 6) is 0.903. The number of rotatable bonds is 5. The van der Waals surface area contributed by atoms with Crippen LogP contribution in [0.4, 0.5) is 0 Å². The fraction of sp³-hybridized carbons (Fsp3) is 0.455. The zero-order chi connectivity index (χ0) is 10.4. The minimum Gasteiger partial charge on any atom is -0.496 e. The Labute approximate surface area is 85.0 Å². The van der Waals surface area contributed by atoms with Crippen LogP contribution in [0.5, 0.6) is 5.75 Å². The van der Waals surface area contributed by atoms with Crippen LogP contribution in [0.1, 0.15) is 12.0 Å². The Morgan fingerprint density at radius 3 is 2.71 bits per heavy atom. The molecule has 0 aliphatic rings. The van der Waals surface area contributed by atoms with E-state index in [2.05, 4.69) is 0 Å². The van der Waals surface area contributed by atoms with E-state index in [1.165, 1.54) is 0 Å². The Kier molecular flexibility index (Phi) is 4.43. The Bertz CT molecular complexity index is 276. The second-order valence-electron chi connectivity index (χ2n) is 3.35. The van der Waals surface area contributed by atoms with Gasteiger partial charge in [-0.25, -0.2) is 0 Å². The molecule has 0 saturated carbocycles. The fourth-order valence-electron chi connectivity index (χ4n) is 1.47. The molecule has 0 saturated heterocycles. The van der Waals surface area contributed by atoms with E-state index in [0.29, 0.717) is 6.54 Å². The van der Waals surface area contributed by atoms with Gasteiger partial charge >= 0.3 is 0 Å². The highest BCUT2D eigenvalue weighted by molar-refractivity contribution is 5.33. The van der Waals surface area contributed by atoms with Crippen molar-refractivity contribution in [2.24, 2.45) is 11.5 Å². The summed E-state index contributed by atoms with van der Waals surface area (Å²) in [7, 11) is 1.67. The first kappa shape index (κ1) is 11.0. The first-order valence-corrected chi connectivity index (χ1v) is 4.85. The number of hydrogen-bond donors (Lipinski definition) is 2. The quantitative estimate of drug-likeness (QED) is 0.732. The Morgan fingerprint density at radius 1 is 1.36 bits per heavy atom. The minimum atomic E-state index is 0.122. The summed E-state index contributed by atoms with van der Waals surface area (Å²) < 4.78 is 5.24. The van der Waals surface area contributed by atoms with Crippen LogP contribution in [-0.2, 0) is 6.42 Å². The third-order valence-corrected chi connectivity index (χ3v) is 2.21. The van der Waals surface area contributed by atoms with E-state index in [0.717, 1.165) is 24.2 Å². The molecule has 0 aromatic heterocycles. The van der Waals surface area contributed by atoms with Crippen LogP contribution in [-0.4, -0.2) is 19.7 Å². The van der Waals surface area contributed by atoms with E-state index in [-0.39, 0.29) is 6.04 Å². The van der Waals surface area contributed by atoms with Gasteiger partial charge in [0.15, 0.2) is 0 Å². The average molecular weight is 194 g/mol. The van der Waals surface area contributed by atoms with Crippen LogP contribution in [0.3, 0.4) is 0 Å². The van der Waals surface area contributed by atoms with Crippen molar-refractivity contribution in [1.29, 1.82) is 0 Å². The first-order chi connectivity index (χ1) is 6.77. The minimum absolute atomic E-state index is 0.122. The summed E-state index contributed by atoms with van der Waals surface area (Å²) in [5, 5.41) is 0. The lowest BCUT2D eigenvalue weighted by atomic mass is 10.0. The highest BCUT2D eigenvalue weighted by atomic mass is 16.5. The van der Waals surface area contributed by atoms with Crippen molar-refractivity contribution in [2.75, 3.05) is 13.7 Å². The van der Waals surface area contributed by atoms with E-state index in [4.69, 9.17) is 16.2 Å². The van der Waals surface area contributed by atoms with Gasteiger partial charge in [-0.05, 0) is 31.0 Å². The maximum Gasteiger partial charge on any atom is 0.122 e. The van der Waals surface area contributed by atoms with Crippen LogP contribution in [0, 0.1) is 0 Å². The van der Waals surface area contributed by atoms with Gasteiger partial charge in [-0.2, -0.15) is 0 Å². The number of nitrogens with two attached hydrogens (primary N) is 2. The summed E-state index contributed by atoms with van der Waals surface area (Å²) in [6, 6.07) is 8.06. The molecule has 1 rings (SSSR count). The van der Waals surface area contributed by atoms with Crippen molar-refractivity contribution in [3.63, 3.8) is 0 Å². The van der Waals surface area contributed by atoms with Crippen molar-refractivity contribution in [2.45, 2.75) is 18.9 Å². The molecule has 1 unspecified atom stereocenters. The Balaban J connectivity index is 2.65. The molecule has 3 nitrogen and oxygen atoms in total. The molecule has 1 aromatic rings. The zero-order valence-corrected chi connectivity index (χ0v) is 8.57. The number of hydrogen-bond acceptors (Lipinski definition) is 3. The molecule has 3 heteroatoms. The third-order valence-electron chi connectivity index (χ3n) is 2.21. The highest BCUT2D eigenvalue weighted by Gasteiger charge is 2.06. The SMILES string of the molecule is COc1ccccc1CC(N)CCN. The lowest BCUT2D eigenvalue weighted by Gasteiger charge is -2.12. The standard InChI is InChI=1S/C11H18N2O/c1-14-11-5-3-2-4-9(11)8-10(13)6-7-12/h2-5,10H,6-8,12-13H2,1H3. The highest BCUT2D eigenvalue weighted by Crippen LogP contribution is 2.18. The van der Waals surface area contributed by atoms with Gasteiger partial charge in [0.1, 0.15) is 5.75 Å². The van der Waals surface area contributed by atoms with Crippen molar-refractivity contribution in [1.82, 2.24) is 0 Å². The zero-order valence-electron chi connectivity index (χ0n) is 8.57. The van der Waals surface area contributed by atoms with Crippen molar-refractivity contribution >= 4 is 0 Å². The first-order valence-electron chi connectivity index (χ1n) is 4.85. The molecule has 14 heavy (non-hydrogen) atoms. The number of methoxy groups -OCH3 is 1. The van der Waals surface area contributed by atoms with Gasteiger partial charge in [-0.3, -0.25) is 0 Å². The number of ether oxygens (including phenoxy) is 1. The summed E-state index contributed by atoms with van der Waals surface area (Å²) in [5.41, 5.74) is 12.5. The second-order valence-corrected chi connectivity index (χ2v) is 3.35. The molecule has 1 atom stereocenters.